The maximum absolute atomic E-state index is 12.2. The number of thioether (sulfide) groups is 1. The van der Waals surface area contributed by atoms with E-state index in [0.717, 1.165) is 25.0 Å². The van der Waals surface area contributed by atoms with E-state index in [1.54, 1.807) is 13.8 Å². The van der Waals surface area contributed by atoms with Gasteiger partial charge in [-0.1, -0.05) is 6.42 Å². The molecule has 2 unspecified atom stereocenters. The van der Waals surface area contributed by atoms with Crippen molar-refractivity contribution in [2.45, 2.75) is 68.8 Å². The summed E-state index contributed by atoms with van der Waals surface area (Å²) in [5.74, 6) is 0.299. The van der Waals surface area contributed by atoms with Crippen LogP contribution in [0.4, 0.5) is 4.79 Å². The van der Waals surface area contributed by atoms with E-state index in [0.29, 0.717) is 18.2 Å². The van der Waals surface area contributed by atoms with Gasteiger partial charge in [0.2, 0.25) is 17.7 Å². The summed E-state index contributed by atoms with van der Waals surface area (Å²) in [5, 5.41) is 14.4. The third-order valence-electron chi connectivity index (χ3n) is 5.20. The smallest absolute Gasteiger partial charge is 0.315 e. The minimum atomic E-state index is -1.04. The molecule has 3 atom stereocenters. The maximum Gasteiger partial charge on any atom is 0.315 e. The second kappa shape index (κ2) is 11.4. The predicted molar refractivity (Wildman–Crippen MR) is 116 cm³/mol. The van der Waals surface area contributed by atoms with Crippen LogP contribution in [0.15, 0.2) is 0 Å². The molecule has 0 aromatic carbocycles. The summed E-state index contributed by atoms with van der Waals surface area (Å²) in [5.41, 5.74) is 4.29. The van der Waals surface area contributed by atoms with Crippen LogP contribution in [-0.2, 0) is 14.4 Å². The second-order valence-electron chi connectivity index (χ2n) is 8.19. The van der Waals surface area contributed by atoms with Crippen LogP contribution in [0.25, 0.3) is 0 Å². The molecule has 0 saturated carbocycles. The van der Waals surface area contributed by atoms with Gasteiger partial charge in [0.25, 0.3) is 0 Å². The first-order valence-electron chi connectivity index (χ1n) is 10.5. The molecule has 2 aliphatic rings. The molecule has 2 heterocycles. The molecule has 0 spiro atoms. The highest BCUT2D eigenvalue weighted by atomic mass is 32.2. The van der Waals surface area contributed by atoms with Gasteiger partial charge in [0, 0.05) is 43.5 Å². The Kier molecular flexibility index (Phi) is 9.22. The van der Waals surface area contributed by atoms with Gasteiger partial charge in [0.05, 0.1) is 12.1 Å². The van der Waals surface area contributed by atoms with Crippen LogP contribution < -0.4 is 32.3 Å². The summed E-state index contributed by atoms with van der Waals surface area (Å²) >= 11 is 1.87. The standard InChI is InChI=1S/C19H34N6O4S/c1-19(2,25-15(27)7-8-20)17(28)22-10-9-21-14(26)6-4-3-5-13-16-12(11-30-13)23-18(29)24-16/h12-13,16H,3-11,20H2,1-2H3,(H,21,26)(H,22,28)(H,25,27)(H2,23,24,29)/t12?,13-,16?/m0/s1. The van der Waals surface area contributed by atoms with Gasteiger partial charge in [0.15, 0.2) is 0 Å². The second-order valence-corrected chi connectivity index (χ2v) is 9.46. The predicted octanol–water partition coefficient (Wildman–Crippen LogP) is -0.812. The number of carbonyl (C=O) groups excluding carboxylic acids is 4. The number of fused-ring (bicyclic) bond motifs is 1. The highest BCUT2D eigenvalue weighted by Crippen LogP contribution is 2.33. The van der Waals surface area contributed by atoms with Crippen molar-refractivity contribution in [3.8, 4) is 0 Å². The molecule has 0 aromatic heterocycles. The molecule has 0 aliphatic carbocycles. The number of hydrogen-bond donors (Lipinski definition) is 6. The fourth-order valence-corrected chi connectivity index (χ4v) is 5.10. The maximum atomic E-state index is 12.2. The number of amides is 5. The average Bonchev–Trinajstić information content (AvgIpc) is 3.21. The van der Waals surface area contributed by atoms with Crippen LogP contribution in [0.5, 0.6) is 0 Å². The molecule has 30 heavy (non-hydrogen) atoms. The number of nitrogens with two attached hydrogens (primary N) is 1. The number of carbonyl (C=O) groups is 4. The molecule has 0 radical (unpaired) electrons. The Morgan fingerprint density at radius 1 is 1.10 bits per heavy atom. The first kappa shape index (κ1) is 24.3. The summed E-state index contributed by atoms with van der Waals surface area (Å²) in [6.07, 6.45) is 3.29. The molecule has 5 amide bonds. The van der Waals surface area contributed by atoms with E-state index in [1.165, 1.54) is 0 Å². The van der Waals surface area contributed by atoms with Crippen LogP contribution in [-0.4, -0.2) is 72.0 Å². The molecule has 2 saturated heterocycles. The van der Waals surface area contributed by atoms with E-state index < -0.39 is 5.54 Å². The number of urea groups is 1. The molecular weight excluding hydrogens is 408 g/mol. The van der Waals surface area contributed by atoms with Gasteiger partial charge in [-0.2, -0.15) is 11.8 Å². The first-order valence-corrected chi connectivity index (χ1v) is 11.5. The van der Waals surface area contributed by atoms with Gasteiger partial charge in [-0.15, -0.1) is 0 Å². The van der Waals surface area contributed by atoms with Crippen molar-refractivity contribution >= 4 is 35.5 Å². The van der Waals surface area contributed by atoms with Crippen LogP contribution in [0, 0.1) is 0 Å². The largest absolute Gasteiger partial charge is 0.354 e. The molecule has 0 aromatic rings. The molecule has 0 bridgehead atoms. The third-order valence-corrected chi connectivity index (χ3v) is 6.71. The number of rotatable bonds is 12. The summed E-state index contributed by atoms with van der Waals surface area (Å²) in [7, 11) is 0. The summed E-state index contributed by atoms with van der Waals surface area (Å²) < 4.78 is 0. The van der Waals surface area contributed by atoms with Gasteiger partial charge in [-0.3, -0.25) is 14.4 Å². The fraction of sp³-hybridized carbons (Fsp3) is 0.789. The van der Waals surface area contributed by atoms with Crippen LogP contribution >= 0.6 is 11.8 Å². The Balaban J connectivity index is 1.52. The Hall–Kier alpha value is -2.01. The van der Waals surface area contributed by atoms with E-state index in [1.807, 2.05) is 11.8 Å². The lowest BCUT2D eigenvalue weighted by Crippen LogP contribution is -2.55. The average molecular weight is 443 g/mol. The quantitative estimate of drug-likeness (QED) is 0.172. The van der Waals surface area contributed by atoms with Crippen molar-refractivity contribution in [1.82, 2.24) is 26.6 Å². The van der Waals surface area contributed by atoms with Gasteiger partial charge in [0.1, 0.15) is 5.54 Å². The highest BCUT2D eigenvalue weighted by Gasteiger charge is 2.42. The van der Waals surface area contributed by atoms with Crippen molar-refractivity contribution in [3.63, 3.8) is 0 Å². The zero-order valence-corrected chi connectivity index (χ0v) is 18.5. The lowest BCUT2D eigenvalue weighted by atomic mass is 10.0. The van der Waals surface area contributed by atoms with E-state index >= 15 is 0 Å². The van der Waals surface area contributed by atoms with Gasteiger partial charge < -0.3 is 32.3 Å². The molecule has 2 rings (SSSR count). The molecule has 170 valence electrons. The normalized spacial score (nSPS) is 22.6. The minimum Gasteiger partial charge on any atom is -0.354 e. The number of nitrogens with one attached hydrogen (secondary N) is 5. The van der Waals surface area contributed by atoms with Gasteiger partial charge in [-0.05, 0) is 26.7 Å². The number of unbranched alkanes of at least 4 members (excludes halogenated alkanes) is 1. The van der Waals surface area contributed by atoms with Gasteiger partial charge in [-0.25, -0.2) is 4.79 Å². The Morgan fingerprint density at radius 2 is 1.83 bits per heavy atom. The highest BCUT2D eigenvalue weighted by molar-refractivity contribution is 8.00. The molecular formula is C19H34N6O4S. The van der Waals surface area contributed by atoms with E-state index in [2.05, 4.69) is 26.6 Å². The summed E-state index contributed by atoms with van der Waals surface area (Å²) in [6, 6.07) is 0.345. The van der Waals surface area contributed by atoms with Crippen LogP contribution in [0.1, 0.15) is 46.0 Å². The topological polar surface area (TPSA) is 154 Å². The minimum absolute atomic E-state index is 0.0486. The van der Waals surface area contributed by atoms with E-state index in [4.69, 9.17) is 5.73 Å². The number of hydrogen-bond acceptors (Lipinski definition) is 6. The van der Waals surface area contributed by atoms with E-state index in [-0.39, 0.29) is 55.3 Å². The fourth-order valence-electron chi connectivity index (χ4n) is 3.56. The van der Waals surface area contributed by atoms with Crippen molar-refractivity contribution < 1.29 is 19.2 Å². The molecule has 10 nitrogen and oxygen atoms in total. The Bertz CT molecular complexity index is 645. The molecule has 7 N–H and O–H groups in total. The third kappa shape index (κ3) is 7.35. The zero-order chi connectivity index (χ0) is 22.1. The lowest BCUT2D eigenvalue weighted by Gasteiger charge is -2.25. The van der Waals surface area contributed by atoms with E-state index in [9.17, 15) is 19.2 Å². The van der Waals surface area contributed by atoms with Crippen molar-refractivity contribution in [1.29, 1.82) is 0 Å². The zero-order valence-electron chi connectivity index (χ0n) is 17.7. The van der Waals surface area contributed by atoms with Gasteiger partial charge >= 0.3 is 6.03 Å². The van der Waals surface area contributed by atoms with Crippen LogP contribution in [0.3, 0.4) is 0 Å². The van der Waals surface area contributed by atoms with Crippen LogP contribution in [0.2, 0.25) is 0 Å². The Morgan fingerprint density at radius 3 is 2.57 bits per heavy atom. The van der Waals surface area contributed by atoms with Crippen molar-refractivity contribution in [2.24, 2.45) is 5.73 Å². The molecule has 11 heteroatoms. The summed E-state index contributed by atoms with van der Waals surface area (Å²) in [4.78, 5) is 47.1. The van der Waals surface area contributed by atoms with Crippen molar-refractivity contribution in [2.75, 3.05) is 25.4 Å². The SMILES string of the molecule is CC(C)(NC(=O)CCN)C(=O)NCCNC(=O)CCCC[C@@H]1SCC2NC(=O)NC21. The monoisotopic (exact) mass is 442 g/mol. The first-order chi connectivity index (χ1) is 14.2. The molecule has 2 fully saturated rings. The summed E-state index contributed by atoms with van der Waals surface area (Å²) in [6.45, 7) is 4.08. The lowest BCUT2D eigenvalue weighted by molar-refractivity contribution is -0.132. The Labute approximate surface area is 181 Å². The van der Waals surface area contributed by atoms with Crippen molar-refractivity contribution in [3.05, 3.63) is 0 Å². The molecule has 2 aliphatic heterocycles.